The lowest BCUT2D eigenvalue weighted by atomic mass is 9.87. The van der Waals surface area contributed by atoms with Crippen LogP contribution < -0.4 is 0 Å². The third kappa shape index (κ3) is 2.54. The molecule has 2 heteroatoms. The zero-order valence-corrected chi connectivity index (χ0v) is 13.6. The second kappa shape index (κ2) is 5.33. The predicted octanol–water partition coefficient (Wildman–Crippen LogP) is 3.43. The van der Waals surface area contributed by atoms with Crippen LogP contribution in [0, 0.1) is 13.8 Å². The number of carbonyl (C=O) groups excluding carboxylic acids is 1. The van der Waals surface area contributed by atoms with E-state index in [1.165, 1.54) is 29.5 Å². The summed E-state index contributed by atoms with van der Waals surface area (Å²) < 4.78 is 0.900. The van der Waals surface area contributed by atoms with E-state index in [1.54, 1.807) is 0 Å². The average Bonchev–Trinajstić information content (AvgIpc) is 2.82. The van der Waals surface area contributed by atoms with E-state index in [2.05, 4.69) is 52.9 Å². The molecule has 1 aromatic carbocycles. The lowest BCUT2D eigenvalue weighted by Gasteiger charge is -2.43. The fourth-order valence-electron chi connectivity index (χ4n) is 3.40. The Labute approximate surface area is 123 Å². The van der Waals surface area contributed by atoms with E-state index >= 15 is 0 Å². The van der Waals surface area contributed by atoms with Crippen LogP contribution in [-0.2, 0) is 11.2 Å². The van der Waals surface area contributed by atoms with Gasteiger partial charge >= 0.3 is 0 Å². The van der Waals surface area contributed by atoms with Gasteiger partial charge in [0.2, 0.25) is 0 Å². The lowest BCUT2D eigenvalue weighted by molar-refractivity contribution is -0.934. The van der Waals surface area contributed by atoms with Crippen molar-refractivity contribution in [3.8, 4) is 0 Å². The van der Waals surface area contributed by atoms with Crippen LogP contribution in [0.1, 0.15) is 43.4 Å². The van der Waals surface area contributed by atoms with Gasteiger partial charge in [-0.1, -0.05) is 18.2 Å². The van der Waals surface area contributed by atoms with Gasteiger partial charge in [0.15, 0.2) is 11.3 Å². The standard InChI is InChI=1S/C18H28NO/c1-14-9-8-10-15(2)16(14)13-17(20)18(3,4)19(5)11-6-7-12-19/h8-10H,6-7,11-13H2,1-5H3/q+1. The Kier molecular flexibility index (Phi) is 4.06. The van der Waals surface area contributed by atoms with Crippen LogP contribution in [0.2, 0.25) is 0 Å². The van der Waals surface area contributed by atoms with E-state index < -0.39 is 0 Å². The first-order valence-electron chi connectivity index (χ1n) is 7.71. The molecule has 0 saturated carbocycles. The van der Waals surface area contributed by atoms with Crippen molar-refractivity contribution >= 4 is 5.78 Å². The molecule has 20 heavy (non-hydrogen) atoms. The summed E-state index contributed by atoms with van der Waals surface area (Å²) in [6, 6.07) is 6.28. The van der Waals surface area contributed by atoms with E-state index in [4.69, 9.17) is 0 Å². The van der Waals surface area contributed by atoms with Crippen molar-refractivity contribution in [3.63, 3.8) is 0 Å². The normalized spacial score (nSPS) is 18.2. The Morgan fingerprint density at radius 3 is 2.15 bits per heavy atom. The van der Waals surface area contributed by atoms with Crippen molar-refractivity contribution in [1.82, 2.24) is 0 Å². The maximum absolute atomic E-state index is 12.9. The fourth-order valence-corrected chi connectivity index (χ4v) is 3.40. The van der Waals surface area contributed by atoms with E-state index in [0.29, 0.717) is 12.2 Å². The van der Waals surface area contributed by atoms with E-state index in [-0.39, 0.29) is 5.54 Å². The summed E-state index contributed by atoms with van der Waals surface area (Å²) in [4.78, 5) is 12.9. The Balaban J connectivity index is 2.23. The number of hydrogen-bond acceptors (Lipinski definition) is 1. The monoisotopic (exact) mass is 274 g/mol. The molecule has 0 radical (unpaired) electrons. The highest BCUT2D eigenvalue weighted by molar-refractivity contribution is 5.88. The molecule has 0 atom stereocenters. The van der Waals surface area contributed by atoms with Gasteiger partial charge in [0, 0.05) is 19.3 Å². The molecule has 1 aliphatic rings. The first-order chi connectivity index (χ1) is 9.28. The SMILES string of the molecule is Cc1cccc(C)c1CC(=O)C(C)(C)[N+]1(C)CCCC1. The van der Waals surface area contributed by atoms with Crippen LogP contribution in [-0.4, -0.2) is 35.9 Å². The van der Waals surface area contributed by atoms with Gasteiger partial charge in [-0.2, -0.15) is 0 Å². The number of Topliss-reactive ketones (excluding diaryl/α,β-unsaturated/α-hetero) is 1. The molecule has 2 nitrogen and oxygen atoms in total. The molecule has 0 N–H and O–H groups in total. The highest BCUT2D eigenvalue weighted by Gasteiger charge is 2.47. The van der Waals surface area contributed by atoms with Crippen molar-refractivity contribution in [2.45, 2.75) is 52.5 Å². The molecule has 1 aromatic rings. The van der Waals surface area contributed by atoms with Crippen LogP contribution in [0.5, 0.6) is 0 Å². The predicted molar refractivity (Wildman–Crippen MR) is 83.9 cm³/mol. The highest BCUT2D eigenvalue weighted by Crippen LogP contribution is 2.31. The molecule has 1 fully saturated rings. The highest BCUT2D eigenvalue weighted by atomic mass is 16.1. The van der Waals surface area contributed by atoms with Gasteiger partial charge in [0.25, 0.3) is 0 Å². The molecule has 0 unspecified atom stereocenters. The van der Waals surface area contributed by atoms with Crippen LogP contribution in [0.3, 0.4) is 0 Å². The van der Waals surface area contributed by atoms with Gasteiger partial charge in [-0.15, -0.1) is 0 Å². The third-order valence-corrected chi connectivity index (χ3v) is 5.57. The number of carbonyl (C=O) groups is 1. The number of hydrogen-bond donors (Lipinski definition) is 0. The van der Waals surface area contributed by atoms with Gasteiger partial charge in [-0.25, -0.2) is 0 Å². The number of ketones is 1. The largest absolute Gasteiger partial charge is 0.315 e. The van der Waals surface area contributed by atoms with Crippen LogP contribution in [0.25, 0.3) is 0 Å². The quantitative estimate of drug-likeness (QED) is 0.769. The van der Waals surface area contributed by atoms with Crippen LogP contribution in [0.4, 0.5) is 0 Å². The van der Waals surface area contributed by atoms with E-state index in [0.717, 1.165) is 17.6 Å². The summed E-state index contributed by atoms with van der Waals surface area (Å²) in [7, 11) is 2.25. The second-order valence-corrected chi connectivity index (χ2v) is 7.08. The molecule has 1 saturated heterocycles. The van der Waals surface area contributed by atoms with Crippen molar-refractivity contribution in [1.29, 1.82) is 0 Å². The average molecular weight is 274 g/mol. The zero-order valence-electron chi connectivity index (χ0n) is 13.6. The van der Waals surface area contributed by atoms with Gasteiger partial charge in [0.1, 0.15) is 0 Å². The number of quaternary nitrogens is 1. The van der Waals surface area contributed by atoms with Gasteiger partial charge in [0.05, 0.1) is 20.1 Å². The number of benzene rings is 1. The molecule has 2 rings (SSSR count). The number of likely N-dealkylation sites (tertiary alicyclic amines) is 1. The van der Waals surface area contributed by atoms with Crippen LogP contribution in [0.15, 0.2) is 18.2 Å². The van der Waals surface area contributed by atoms with Crippen molar-refractivity contribution < 1.29 is 9.28 Å². The Morgan fingerprint density at radius 1 is 1.15 bits per heavy atom. The summed E-state index contributed by atoms with van der Waals surface area (Å²) in [5.74, 6) is 0.374. The number of nitrogens with zero attached hydrogens (tertiary/aromatic N) is 1. The molecule has 0 bridgehead atoms. The van der Waals surface area contributed by atoms with Gasteiger partial charge in [-0.05, 0) is 44.4 Å². The van der Waals surface area contributed by atoms with E-state index in [1.807, 2.05) is 0 Å². The molecule has 1 heterocycles. The maximum atomic E-state index is 12.9. The molecule has 0 spiro atoms. The summed E-state index contributed by atoms with van der Waals surface area (Å²) >= 11 is 0. The zero-order chi connectivity index (χ0) is 15.0. The van der Waals surface area contributed by atoms with Crippen molar-refractivity contribution in [2.75, 3.05) is 20.1 Å². The van der Waals surface area contributed by atoms with Crippen molar-refractivity contribution in [2.24, 2.45) is 0 Å². The molecule has 0 aliphatic carbocycles. The molecule has 1 aliphatic heterocycles. The summed E-state index contributed by atoms with van der Waals surface area (Å²) in [5.41, 5.74) is 3.40. The first kappa shape index (κ1) is 15.2. The maximum Gasteiger partial charge on any atom is 0.196 e. The first-order valence-corrected chi connectivity index (χ1v) is 7.71. The number of rotatable bonds is 4. The smallest absolute Gasteiger partial charge is 0.196 e. The van der Waals surface area contributed by atoms with E-state index in [9.17, 15) is 4.79 Å². The Hall–Kier alpha value is -1.15. The lowest BCUT2D eigenvalue weighted by Crippen LogP contribution is -2.61. The summed E-state index contributed by atoms with van der Waals surface area (Å²) in [6.07, 6.45) is 3.06. The minimum absolute atomic E-state index is 0.286. The Morgan fingerprint density at radius 2 is 1.65 bits per heavy atom. The minimum atomic E-state index is -0.286. The summed E-state index contributed by atoms with van der Waals surface area (Å²) in [6.45, 7) is 10.7. The molecule has 110 valence electrons. The second-order valence-electron chi connectivity index (χ2n) is 7.08. The Bertz CT molecular complexity index is 490. The molecular formula is C18H28NO+. The fraction of sp³-hybridized carbons (Fsp3) is 0.611. The van der Waals surface area contributed by atoms with Crippen molar-refractivity contribution in [3.05, 3.63) is 34.9 Å². The minimum Gasteiger partial charge on any atom is -0.315 e. The van der Waals surface area contributed by atoms with Crippen LogP contribution >= 0.6 is 0 Å². The third-order valence-electron chi connectivity index (χ3n) is 5.57. The topological polar surface area (TPSA) is 17.1 Å². The molecular weight excluding hydrogens is 246 g/mol. The summed E-state index contributed by atoms with van der Waals surface area (Å²) in [5, 5.41) is 0. The molecule has 0 aromatic heterocycles. The van der Waals surface area contributed by atoms with Gasteiger partial charge in [-0.3, -0.25) is 4.79 Å². The number of likely N-dealkylation sites (N-methyl/N-ethyl adjacent to an activating group) is 1. The molecule has 0 amide bonds. The number of aryl methyl sites for hydroxylation is 2. The van der Waals surface area contributed by atoms with Gasteiger partial charge < -0.3 is 4.48 Å².